The number of nitrogens with two attached hydrogens (primary N) is 1. The highest BCUT2D eigenvalue weighted by Crippen LogP contribution is 2.31. The van der Waals surface area contributed by atoms with Crippen molar-refractivity contribution >= 4 is 5.69 Å². The average molecular weight is 227 g/mol. The Kier molecular flexibility index (Phi) is 3.99. The summed E-state index contributed by atoms with van der Waals surface area (Å²) < 4.78 is 24.5. The summed E-state index contributed by atoms with van der Waals surface area (Å²) in [6, 6.07) is 2.92. The molecule has 0 saturated heterocycles. The van der Waals surface area contributed by atoms with Crippen LogP contribution in [0.25, 0.3) is 0 Å². The van der Waals surface area contributed by atoms with Gasteiger partial charge >= 0.3 is 0 Å². The number of nitrogen functional groups attached to an aromatic ring is 1. The van der Waals surface area contributed by atoms with Crippen LogP contribution in [0.2, 0.25) is 0 Å². The molecular weight excluding hydrogens is 209 g/mol. The van der Waals surface area contributed by atoms with E-state index in [0.29, 0.717) is 5.69 Å². The van der Waals surface area contributed by atoms with Crippen molar-refractivity contribution in [1.29, 1.82) is 0 Å². The minimum Gasteiger partial charge on any atom is -0.488 e. The van der Waals surface area contributed by atoms with Crippen molar-refractivity contribution in [3.8, 4) is 11.5 Å². The third-order valence-electron chi connectivity index (χ3n) is 1.75. The fraction of sp³-hybridized carbons (Fsp3) is 0.500. The number of ether oxygens (including phenoxy) is 2. The molecule has 90 valence electrons. The molecule has 2 N–H and O–H groups in total. The van der Waals surface area contributed by atoms with Gasteiger partial charge in [0.05, 0.1) is 12.2 Å². The zero-order valence-corrected chi connectivity index (χ0v) is 10.1. The summed E-state index contributed by atoms with van der Waals surface area (Å²) in [4.78, 5) is 0. The SMILES string of the molecule is CC(C)Oc1cc(N)cc(OC(C)C)c1F. The van der Waals surface area contributed by atoms with Gasteiger partial charge in [-0.05, 0) is 27.7 Å². The number of halogens is 1. The van der Waals surface area contributed by atoms with Gasteiger partial charge in [0.2, 0.25) is 5.82 Å². The topological polar surface area (TPSA) is 44.5 Å². The molecule has 1 aromatic rings. The molecule has 1 rings (SSSR count). The Bertz CT molecular complexity index is 333. The Balaban J connectivity index is 3.05. The normalized spacial score (nSPS) is 10.9. The number of benzene rings is 1. The van der Waals surface area contributed by atoms with E-state index < -0.39 is 5.82 Å². The lowest BCUT2D eigenvalue weighted by Gasteiger charge is -2.16. The zero-order valence-electron chi connectivity index (χ0n) is 10.1. The molecule has 0 aromatic heterocycles. The predicted molar refractivity (Wildman–Crippen MR) is 62.3 cm³/mol. The van der Waals surface area contributed by atoms with Crippen LogP contribution in [0.15, 0.2) is 12.1 Å². The second kappa shape index (κ2) is 5.05. The second-order valence-corrected chi connectivity index (χ2v) is 4.16. The molecule has 4 heteroatoms. The molecule has 0 aliphatic rings. The van der Waals surface area contributed by atoms with Crippen LogP contribution in [0.4, 0.5) is 10.1 Å². The average Bonchev–Trinajstić information content (AvgIpc) is 2.11. The highest BCUT2D eigenvalue weighted by Gasteiger charge is 2.14. The summed E-state index contributed by atoms with van der Waals surface area (Å²) in [5.74, 6) is -0.243. The van der Waals surface area contributed by atoms with E-state index >= 15 is 0 Å². The first-order valence-corrected chi connectivity index (χ1v) is 5.32. The molecule has 0 fully saturated rings. The van der Waals surface area contributed by atoms with Crippen LogP contribution in [-0.4, -0.2) is 12.2 Å². The first-order chi connectivity index (χ1) is 7.40. The van der Waals surface area contributed by atoms with Gasteiger partial charge in [-0.15, -0.1) is 0 Å². The van der Waals surface area contributed by atoms with Crippen LogP contribution in [0.3, 0.4) is 0 Å². The highest BCUT2D eigenvalue weighted by atomic mass is 19.1. The number of hydrogen-bond donors (Lipinski definition) is 1. The van der Waals surface area contributed by atoms with E-state index in [1.165, 1.54) is 12.1 Å². The Hall–Kier alpha value is -1.45. The van der Waals surface area contributed by atoms with Gasteiger partial charge < -0.3 is 15.2 Å². The third-order valence-corrected chi connectivity index (χ3v) is 1.75. The summed E-state index contributed by atoms with van der Waals surface area (Å²) in [7, 11) is 0. The van der Waals surface area contributed by atoms with Gasteiger partial charge in [0.1, 0.15) is 0 Å². The molecule has 3 nitrogen and oxygen atoms in total. The van der Waals surface area contributed by atoms with Crippen LogP contribution in [0.1, 0.15) is 27.7 Å². The van der Waals surface area contributed by atoms with Gasteiger partial charge in [0.15, 0.2) is 11.5 Å². The molecule has 16 heavy (non-hydrogen) atoms. The molecule has 0 heterocycles. The van der Waals surface area contributed by atoms with Gasteiger partial charge in [-0.2, -0.15) is 4.39 Å². The summed E-state index contributed by atoms with van der Waals surface area (Å²) in [6.07, 6.45) is -0.216. The molecule has 0 unspecified atom stereocenters. The lowest BCUT2D eigenvalue weighted by molar-refractivity contribution is 0.209. The minimum atomic E-state index is -0.503. The van der Waals surface area contributed by atoms with Crippen molar-refractivity contribution < 1.29 is 13.9 Å². The van der Waals surface area contributed by atoms with Gasteiger partial charge in [0.25, 0.3) is 0 Å². The van der Waals surface area contributed by atoms with Crippen molar-refractivity contribution in [1.82, 2.24) is 0 Å². The van der Waals surface area contributed by atoms with E-state index in [-0.39, 0.29) is 23.7 Å². The molecule has 0 aliphatic heterocycles. The fourth-order valence-corrected chi connectivity index (χ4v) is 1.27. The van der Waals surface area contributed by atoms with E-state index in [4.69, 9.17) is 15.2 Å². The zero-order chi connectivity index (χ0) is 12.3. The van der Waals surface area contributed by atoms with E-state index in [2.05, 4.69) is 0 Å². The van der Waals surface area contributed by atoms with Crippen LogP contribution >= 0.6 is 0 Å². The summed E-state index contributed by atoms with van der Waals surface area (Å²) in [6.45, 7) is 7.30. The standard InChI is InChI=1S/C12H18FNO2/c1-7(2)15-10-5-9(14)6-11(12(10)13)16-8(3)4/h5-8H,14H2,1-4H3. The van der Waals surface area contributed by atoms with Crippen molar-refractivity contribution in [3.63, 3.8) is 0 Å². The van der Waals surface area contributed by atoms with Crippen molar-refractivity contribution in [2.24, 2.45) is 0 Å². The minimum absolute atomic E-state index is 0.108. The molecule has 0 atom stereocenters. The number of anilines is 1. The molecule has 0 radical (unpaired) electrons. The molecule has 0 saturated carbocycles. The highest BCUT2D eigenvalue weighted by molar-refractivity contribution is 5.51. The van der Waals surface area contributed by atoms with Crippen molar-refractivity contribution in [2.75, 3.05) is 5.73 Å². The van der Waals surface area contributed by atoms with Gasteiger partial charge in [0, 0.05) is 17.8 Å². The maximum absolute atomic E-state index is 13.9. The Morgan fingerprint density at radius 2 is 1.38 bits per heavy atom. The van der Waals surface area contributed by atoms with Gasteiger partial charge in [-0.25, -0.2) is 0 Å². The van der Waals surface area contributed by atoms with E-state index in [0.717, 1.165) is 0 Å². The molecule has 0 spiro atoms. The van der Waals surface area contributed by atoms with Crippen LogP contribution < -0.4 is 15.2 Å². The lowest BCUT2D eigenvalue weighted by Crippen LogP contribution is -2.11. The third kappa shape index (κ3) is 3.29. The second-order valence-electron chi connectivity index (χ2n) is 4.16. The quantitative estimate of drug-likeness (QED) is 0.804. The largest absolute Gasteiger partial charge is 0.488 e. The van der Waals surface area contributed by atoms with E-state index in [9.17, 15) is 4.39 Å². The first kappa shape index (κ1) is 12.6. The van der Waals surface area contributed by atoms with E-state index in [1.54, 1.807) is 0 Å². The summed E-state index contributed by atoms with van der Waals surface area (Å²) in [5.41, 5.74) is 6.08. The molecule has 0 aliphatic carbocycles. The van der Waals surface area contributed by atoms with Crippen LogP contribution in [-0.2, 0) is 0 Å². The summed E-state index contributed by atoms with van der Waals surface area (Å²) in [5, 5.41) is 0. The van der Waals surface area contributed by atoms with Crippen molar-refractivity contribution in [3.05, 3.63) is 17.9 Å². The molecule has 0 amide bonds. The summed E-state index contributed by atoms with van der Waals surface area (Å²) >= 11 is 0. The molecule has 1 aromatic carbocycles. The predicted octanol–water partition coefficient (Wildman–Crippen LogP) is 2.98. The monoisotopic (exact) mass is 227 g/mol. The fourth-order valence-electron chi connectivity index (χ4n) is 1.27. The van der Waals surface area contributed by atoms with Crippen LogP contribution in [0, 0.1) is 5.82 Å². The number of hydrogen-bond acceptors (Lipinski definition) is 3. The molecular formula is C12H18FNO2. The lowest BCUT2D eigenvalue weighted by atomic mass is 10.2. The molecule has 0 bridgehead atoms. The maximum Gasteiger partial charge on any atom is 0.207 e. The Morgan fingerprint density at radius 3 is 1.69 bits per heavy atom. The van der Waals surface area contributed by atoms with Gasteiger partial charge in [-0.3, -0.25) is 0 Å². The smallest absolute Gasteiger partial charge is 0.207 e. The number of rotatable bonds is 4. The van der Waals surface area contributed by atoms with Crippen LogP contribution in [0.5, 0.6) is 11.5 Å². The van der Waals surface area contributed by atoms with Crippen molar-refractivity contribution in [2.45, 2.75) is 39.9 Å². The maximum atomic E-state index is 13.9. The van der Waals surface area contributed by atoms with Gasteiger partial charge in [-0.1, -0.05) is 0 Å². The van der Waals surface area contributed by atoms with E-state index in [1.807, 2.05) is 27.7 Å². The first-order valence-electron chi connectivity index (χ1n) is 5.32. The Morgan fingerprint density at radius 1 is 1.00 bits per heavy atom. The Labute approximate surface area is 95.4 Å².